The van der Waals surface area contributed by atoms with E-state index in [9.17, 15) is 0 Å². The lowest BCUT2D eigenvalue weighted by Crippen LogP contribution is -2.27. The summed E-state index contributed by atoms with van der Waals surface area (Å²) in [5.74, 6) is 0.930. The Labute approximate surface area is 118 Å². The highest BCUT2D eigenvalue weighted by atomic mass is 15.1. The predicted octanol–water partition coefficient (Wildman–Crippen LogP) is 3.98. The summed E-state index contributed by atoms with van der Waals surface area (Å²) in [7, 11) is 2.04. The molecule has 2 atom stereocenters. The van der Waals surface area contributed by atoms with Crippen molar-refractivity contribution in [3.8, 4) is 0 Å². The number of rotatable bonds is 4. The Morgan fingerprint density at radius 1 is 1.26 bits per heavy atom. The minimum absolute atomic E-state index is 0.418. The molecule has 1 aliphatic rings. The van der Waals surface area contributed by atoms with Crippen LogP contribution in [0.25, 0.3) is 0 Å². The Bertz CT molecular complexity index is 389. The van der Waals surface area contributed by atoms with Crippen molar-refractivity contribution >= 4 is 5.69 Å². The fraction of sp³-hybridized carbons (Fsp3) is 0.647. The summed E-state index contributed by atoms with van der Waals surface area (Å²) in [6, 6.07) is 9.29. The van der Waals surface area contributed by atoms with Gasteiger partial charge in [0.1, 0.15) is 0 Å². The third-order valence-corrected chi connectivity index (χ3v) is 4.60. The Hall–Kier alpha value is -1.02. The minimum Gasteiger partial charge on any atom is -0.371 e. The van der Waals surface area contributed by atoms with Crippen LogP contribution in [0.3, 0.4) is 0 Å². The van der Waals surface area contributed by atoms with Crippen molar-refractivity contribution in [3.63, 3.8) is 0 Å². The van der Waals surface area contributed by atoms with Crippen LogP contribution in [0.4, 0.5) is 5.69 Å². The van der Waals surface area contributed by atoms with E-state index < -0.39 is 0 Å². The average molecular weight is 260 g/mol. The molecule has 1 N–H and O–H groups in total. The monoisotopic (exact) mass is 260 g/mol. The van der Waals surface area contributed by atoms with Gasteiger partial charge in [0.25, 0.3) is 0 Å². The van der Waals surface area contributed by atoms with Crippen molar-refractivity contribution in [2.45, 2.75) is 45.6 Å². The summed E-state index contributed by atoms with van der Waals surface area (Å²) < 4.78 is 0. The lowest BCUT2D eigenvalue weighted by atomic mass is 9.98. The highest BCUT2D eigenvalue weighted by molar-refractivity contribution is 5.55. The van der Waals surface area contributed by atoms with E-state index in [1.54, 1.807) is 0 Å². The number of nitrogens with one attached hydrogen (secondary N) is 1. The van der Waals surface area contributed by atoms with Gasteiger partial charge in [-0.05, 0) is 50.8 Å². The van der Waals surface area contributed by atoms with Crippen LogP contribution in [-0.4, -0.2) is 20.1 Å². The molecule has 2 rings (SSSR count). The van der Waals surface area contributed by atoms with Gasteiger partial charge in [0.05, 0.1) is 0 Å². The van der Waals surface area contributed by atoms with Crippen molar-refractivity contribution in [2.24, 2.45) is 5.92 Å². The van der Waals surface area contributed by atoms with E-state index in [0.717, 1.165) is 5.92 Å². The summed E-state index contributed by atoms with van der Waals surface area (Å²) in [6.07, 6.45) is 5.42. The van der Waals surface area contributed by atoms with E-state index >= 15 is 0 Å². The van der Waals surface area contributed by atoms with Gasteiger partial charge in [0.2, 0.25) is 0 Å². The van der Waals surface area contributed by atoms with Crippen LogP contribution >= 0.6 is 0 Å². The van der Waals surface area contributed by atoms with E-state index in [1.165, 1.54) is 50.0 Å². The molecule has 0 spiro atoms. The summed E-state index contributed by atoms with van der Waals surface area (Å²) in [6.45, 7) is 7.00. The first-order valence-electron chi connectivity index (χ1n) is 7.77. The van der Waals surface area contributed by atoms with E-state index in [2.05, 4.69) is 48.3 Å². The second-order valence-corrected chi connectivity index (χ2v) is 5.76. The third-order valence-electron chi connectivity index (χ3n) is 4.60. The molecule has 2 nitrogen and oxygen atoms in total. The molecule has 106 valence electrons. The second-order valence-electron chi connectivity index (χ2n) is 5.76. The van der Waals surface area contributed by atoms with Gasteiger partial charge in [-0.3, -0.25) is 0 Å². The van der Waals surface area contributed by atoms with Crippen LogP contribution in [-0.2, 0) is 0 Å². The Kier molecular flexibility index (Phi) is 5.26. The molecule has 0 radical (unpaired) electrons. The molecular formula is C17H28N2. The van der Waals surface area contributed by atoms with Gasteiger partial charge >= 0.3 is 0 Å². The predicted molar refractivity (Wildman–Crippen MR) is 83.8 cm³/mol. The third kappa shape index (κ3) is 3.50. The lowest BCUT2D eigenvalue weighted by Gasteiger charge is -2.27. The molecule has 2 unspecified atom stereocenters. The largest absolute Gasteiger partial charge is 0.371 e. The first-order valence-corrected chi connectivity index (χ1v) is 7.77. The standard InChI is InChI=1S/C17H28N2/c1-4-15-8-7-12-19(13-11-15)17-10-6-5-9-16(17)14(2)18-3/h5-6,9-10,14-15,18H,4,7-8,11-13H2,1-3H3. The second kappa shape index (κ2) is 6.95. The molecule has 0 aromatic heterocycles. The van der Waals surface area contributed by atoms with Crippen molar-refractivity contribution in [3.05, 3.63) is 29.8 Å². The molecule has 1 aromatic rings. The van der Waals surface area contributed by atoms with Gasteiger partial charge in [0, 0.05) is 24.8 Å². The van der Waals surface area contributed by atoms with E-state index in [0.29, 0.717) is 6.04 Å². The summed E-state index contributed by atoms with van der Waals surface area (Å²) >= 11 is 0. The van der Waals surface area contributed by atoms with E-state index in [4.69, 9.17) is 0 Å². The number of hydrogen-bond acceptors (Lipinski definition) is 2. The molecule has 19 heavy (non-hydrogen) atoms. The zero-order valence-electron chi connectivity index (χ0n) is 12.7. The lowest BCUT2D eigenvalue weighted by molar-refractivity contribution is 0.459. The van der Waals surface area contributed by atoms with E-state index in [-0.39, 0.29) is 0 Å². The number of hydrogen-bond donors (Lipinski definition) is 1. The fourth-order valence-corrected chi connectivity index (χ4v) is 3.11. The van der Waals surface area contributed by atoms with Crippen LogP contribution in [0.15, 0.2) is 24.3 Å². The molecule has 1 aliphatic heterocycles. The molecule has 1 aromatic carbocycles. The fourth-order valence-electron chi connectivity index (χ4n) is 3.11. The van der Waals surface area contributed by atoms with E-state index in [1.807, 2.05) is 7.05 Å². The highest BCUT2D eigenvalue weighted by Gasteiger charge is 2.19. The topological polar surface area (TPSA) is 15.3 Å². The molecule has 0 amide bonds. The molecule has 0 aliphatic carbocycles. The van der Waals surface area contributed by atoms with Gasteiger partial charge in [0.15, 0.2) is 0 Å². The maximum Gasteiger partial charge on any atom is 0.0414 e. The summed E-state index contributed by atoms with van der Waals surface area (Å²) in [5.41, 5.74) is 2.86. The number of anilines is 1. The normalized spacial score (nSPS) is 22.1. The highest BCUT2D eigenvalue weighted by Crippen LogP contribution is 2.29. The maximum atomic E-state index is 3.37. The molecule has 1 fully saturated rings. The van der Waals surface area contributed by atoms with Crippen LogP contribution in [0.2, 0.25) is 0 Å². The van der Waals surface area contributed by atoms with Crippen LogP contribution in [0.5, 0.6) is 0 Å². The smallest absolute Gasteiger partial charge is 0.0414 e. The van der Waals surface area contributed by atoms with Gasteiger partial charge < -0.3 is 10.2 Å². The Balaban J connectivity index is 2.17. The summed E-state index contributed by atoms with van der Waals surface area (Å²) in [5, 5.41) is 3.37. The average Bonchev–Trinajstić information content (AvgIpc) is 2.71. The number of nitrogens with zero attached hydrogens (tertiary/aromatic N) is 1. The van der Waals surface area contributed by atoms with Crippen molar-refractivity contribution in [1.29, 1.82) is 0 Å². The molecule has 0 bridgehead atoms. The molecular weight excluding hydrogens is 232 g/mol. The molecule has 1 heterocycles. The maximum absolute atomic E-state index is 3.37. The number of benzene rings is 1. The minimum atomic E-state index is 0.418. The zero-order valence-corrected chi connectivity index (χ0v) is 12.7. The van der Waals surface area contributed by atoms with Gasteiger partial charge in [-0.2, -0.15) is 0 Å². The quantitative estimate of drug-likeness (QED) is 0.881. The number of para-hydroxylation sites is 1. The zero-order chi connectivity index (χ0) is 13.7. The molecule has 0 saturated carbocycles. The van der Waals surface area contributed by atoms with Crippen molar-refractivity contribution in [1.82, 2.24) is 5.32 Å². The van der Waals surface area contributed by atoms with Crippen molar-refractivity contribution in [2.75, 3.05) is 25.0 Å². The van der Waals surface area contributed by atoms with Gasteiger partial charge in [-0.1, -0.05) is 31.5 Å². The van der Waals surface area contributed by atoms with Crippen LogP contribution in [0, 0.1) is 5.92 Å². The first kappa shape index (κ1) is 14.4. The van der Waals surface area contributed by atoms with Crippen LogP contribution in [0.1, 0.15) is 51.1 Å². The van der Waals surface area contributed by atoms with Crippen molar-refractivity contribution < 1.29 is 0 Å². The molecule has 1 saturated heterocycles. The SMILES string of the molecule is CCC1CCCN(c2ccccc2C(C)NC)CC1. The van der Waals surface area contributed by atoms with Gasteiger partial charge in [-0.15, -0.1) is 0 Å². The Morgan fingerprint density at radius 2 is 2.05 bits per heavy atom. The first-order chi connectivity index (χ1) is 9.26. The Morgan fingerprint density at radius 3 is 2.79 bits per heavy atom. The summed E-state index contributed by atoms with van der Waals surface area (Å²) in [4.78, 5) is 2.60. The van der Waals surface area contributed by atoms with Gasteiger partial charge in [-0.25, -0.2) is 0 Å². The molecule has 2 heteroatoms. The van der Waals surface area contributed by atoms with Crippen LogP contribution < -0.4 is 10.2 Å².